The first-order valence-corrected chi connectivity index (χ1v) is 16.5. The summed E-state index contributed by atoms with van der Waals surface area (Å²) in [5.41, 5.74) is 7.14. The third kappa shape index (κ3) is 5.38. The van der Waals surface area contributed by atoms with Crippen LogP contribution in [-0.4, -0.2) is 16.4 Å². The lowest BCUT2D eigenvalue weighted by Gasteiger charge is -2.38. The zero-order valence-electron chi connectivity index (χ0n) is 19.8. The number of rotatable bonds is 6. The van der Waals surface area contributed by atoms with E-state index in [1.54, 1.807) is 11.3 Å². The molecule has 0 fully saturated rings. The van der Waals surface area contributed by atoms with E-state index >= 15 is 0 Å². The van der Waals surface area contributed by atoms with Crippen molar-refractivity contribution in [3.63, 3.8) is 0 Å². The highest BCUT2D eigenvalue weighted by molar-refractivity contribution is 7.10. The molecule has 0 aromatic carbocycles. The first-order valence-electron chi connectivity index (χ1n) is 10.4. The molecule has 1 rings (SSSR count). The zero-order valence-corrected chi connectivity index (χ0v) is 22.6. The molecule has 0 spiro atoms. The molecule has 0 N–H and O–H groups in total. The molecule has 0 radical (unpaired) electrons. The second-order valence-electron chi connectivity index (χ2n) is 10.4. The molecular weight excluding hydrogens is 380 g/mol. The largest absolute Gasteiger partial charge is 0.410 e. The molecular formula is C23H42OSSi2. The van der Waals surface area contributed by atoms with Gasteiger partial charge in [0.1, 0.15) is 8.07 Å². The van der Waals surface area contributed by atoms with Crippen molar-refractivity contribution in [1.82, 2.24) is 0 Å². The van der Waals surface area contributed by atoms with Crippen molar-refractivity contribution in [3.05, 3.63) is 21.9 Å². The Labute approximate surface area is 175 Å². The fourth-order valence-corrected chi connectivity index (χ4v) is 11.5. The molecule has 0 aliphatic heterocycles. The zero-order chi connectivity index (χ0) is 21.2. The van der Waals surface area contributed by atoms with Crippen molar-refractivity contribution in [1.29, 1.82) is 0 Å². The molecule has 4 heteroatoms. The maximum Gasteiger partial charge on any atom is 0.192 e. The van der Waals surface area contributed by atoms with Gasteiger partial charge >= 0.3 is 0 Å². The van der Waals surface area contributed by atoms with Gasteiger partial charge in [-0.05, 0) is 53.1 Å². The van der Waals surface area contributed by atoms with Crippen LogP contribution in [0.5, 0.6) is 0 Å². The molecule has 27 heavy (non-hydrogen) atoms. The molecule has 1 unspecified atom stereocenters. The van der Waals surface area contributed by atoms with Crippen LogP contribution in [0.3, 0.4) is 0 Å². The van der Waals surface area contributed by atoms with E-state index in [1.807, 2.05) is 0 Å². The van der Waals surface area contributed by atoms with Crippen LogP contribution in [0.2, 0.25) is 34.8 Å². The fourth-order valence-electron chi connectivity index (χ4n) is 4.02. The average molecular weight is 423 g/mol. The van der Waals surface area contributed by atoms with Gasteiger partial charge in [-0.25, -0.2) is 0 Å². The minimum absolute atomic E-state index is 0.106. The van der Waals surface area contributed by atoms with Gasteiger partial charge in [0, 0.05) is 5.56 Å². The van der Waals surface area contributed by atoms with Gasteiger partial charge in [-0.1, -0.05) is 68.2 Å². The summed E-state index contributed by atoms with van der Waals surface area (Å²) < 4.78 is 6.65. The third-order valence-electron chi connectivity index (χ3n) is 6.67. The Kier molecular flexibility index (Phi) is 8.22. The minimum atomic E-state index is -1.80. The Balaban J connectivity index is 3.25. The van der Waals surface area contributed by atoms with Gasteiger partial charge in [0.2, 0.25) is 0 Å². The summed E-state index contributed by atoms with van der Waals surface area (Å²) >= 11 is 1.77. The quantitative estimate of drug-likeness (QED) is 0.330. The summed E-state index contributed by atoms with van der Waals surface area (Å²) in [4.78, 5) is 1.21. The molecule has 1 nitrogen and oxygen atoms in total. The van der Waals surface area contributed by atoms with Crippen LogP contribution >= 0.6 is 11.3 Å². The smallest absolute Gasteiger partial charge is 0.192 e. The molecule has 1 atom stereocenters. The summed E-state index contributed by atoms with van der Waals surface area (Å²) in [7, 11) is -3.50. The van der Waals surface area contributed by atoms with E-state index in [4.69, 9.17) is 4.43 Å². The van der Waals surface area contributed by atoms with E-state index in [-0.39, 0.29) is 11.1 Å². The van der Waals surface area contributed by atoms with Crippen LogP contribution in [0.15, 0.2) is 11.4 Å². The van der Waals surface area contributed by atoms with E-state index in [9.17, 15) is 0 Å². The molecule has 0 amide bonds. The Morgan fingerprint density at radius 3 is 1.81 bits per heavy atom. The van der Waals surface area contributed by atoms with Crippen molar-refractivity contribution >= 4 is 27.7 Å². The first kappa shape index (κ1) is 24.7. The maximum absolute atomic E-state index is 6.65. The van der Waals surface area contributed by atoms with Crippen molar-refractivity contribution in [2.45, 2.75) is 110 Å². The van der Waals surface area contributed by atoms with Crippen LogP contribution in [0.25, 0.3) is 0 Å². The van der Waals surface area contributed by atoms with Gasteiger partial charge in [-0.15, -0.1) is 16.9 Å². The van der Waals surface area contributed by atoms with Crippen molar-refractivity contribution in [3.8, 4) is 11.5 Å². The Hall–Kier alpha value is -0.346. The van der Waals surface area contributed by atoms with Gasteiger partial charge in [-0.3, -0.25) is 0 Å². The predicted octanol–water partition coefficient (Wildman–Crippen LogP) is 8.40. The molecule has 1 aromatic heterocycles. The second-order valence-corrected chi connectivity index (χ2v) is 21.6. The summed E-state index contributed by atoms with van der Waals surface area (Å²) in [5, 5.41) is 2.40. The summed E-state index contributed by atoms with van der Waals surface area (Å²) in [6.45, 7) is 28.0. The maximum atomic E-state index is 6.65. The Bertz CT molecular complexity index is 647. The fraction of sp³-hybridized carbons (Fsp3) is 0.739. The van der Waals surface area contributed by atoms with Crippen molar-refractivity contribution in [2.75, 3.05) is 0 Å². The highest BCUT2D eigenvalue weighted by Crippen LogP contribution is 2.42. The normalized spacial score (nSPS) is 14.6. The van der Waals surface area contributed by atoms with E-state index in [1.165, 1.54) is 10.4 Å². The lowest BCUT2D eigenvalue weighted by molar-refractivity contribution is 0.203. The van der Waals surface area contributed by atoms with Crippen LogP contribution in [0, 0.1) is 11.5 Å². The van der Waals surface area contributed by atoms with Crippen LogP contribution in [-0.2, 0) is 4.43 Å². The molecule has 0 saturated carbocycles. The molecule has 1 aromatic rings. The minimum Gasteiger partial charge on any atom is -0.410 e. The highest BCUT2D eigenvalue weighted by Gasteiger charge is 2.42. The number of thiophene rings is 1. The number of hydrogen-bond donors (Lipinski definition) is 0. The lowest BCUT2D eigenvalue weighted by atomic mass is 10.2. The summed E-state index contributed by atoms with van der Waals surface area (Å²) in [6, 6.07) is 2.22. The molecule has 154 valence electrons. The van der Waals surface area contributed by atoms with E-state index in [0.29, 0.717) is 16.6 Å². The molecule has 0 bridgehead atoms. The predicted molar refractivity (Wildman–Crippen MR) is 129 cm³/mol. The molecule has 0 aliphatic rings. The standard InChI is InChI=1S/C23H42OSSi2/c1-17(2)27(18(3)4,19(5)6)16-14-22-21(13-15-25-22)20(7)24-26(11,12)23(8,9)10/h13,15,17-20H,1-12H3. The second kappa shape index (κ2) is 8.99. The monoisotopic (exact) mass is 422 g/mol. The van der Waals surface area contributed by atoms with Crippen LogP contribution in [0.1, 0.15) is 85.8 Å². The van der Waals surface area contributed by atoms with E-state index < -0.39 is 16.4 Å². The highest BCUT2D eigenvalue weighted by atomic mass is 32.1. The summed E-state index contributed by atoms with van der Waals surface area (Å²) in [5.74, 6) is 3.65. The van der Waals surface area contributed by atoms with E-state index in [0.717, 1.165) is 0 Å². The van der Waals surface area contributed by atoms with Crippen LogP contribution in [0.4, 0.5) is 0 Å². The Morgan fingerprint density at radius 1 is 0.926 bits per heavy atom. The van der Waals surface area contributed by atoms with Crippen LogP contribution < -0.4 is 0 Å². The van der Waals surface area contributed by atoms with Crippen molar-refractivity contribution < 1.29 is 4.43 Å². The SMILES string of the molecule is CC(O[Si](C)(C)C(C)(C)C)c1ccsc1C#C[Si](C(C)C)(C(C)C)C(C)C. The Morgan fingerprint density at radius 2 is 1.41 bits per heavy atom. The number of hydrogen-bond acceptors (Lipinski definition) is 2. The topological polar surface area (TPSA) is 9.23 Å². The molecule has 0 aliphatic carbocycles. The van der Waals surface area contributed by atoms with Gasteiger partial charge in [0.05, 0.1) is 11.0 Å². The van der Waals surface area contributed by atoms with Gasteiger partial charge in [0.15, 0.2) is 8.32 Å². The third-order valence-corrected chi connectivity index (χ3v) is 18.4. The lowest BCUT2D eigenvalue weighted by Crippen LogP contribution is -2.43. The first-order chi connectivity index (χ1) is 12.2. The van der Waals surface area contributed by atoms with E-state index in [2.05, 4.69) is 105 Å². The summed E-state index contributed by atoms with van der Waals surface area (Å²) in [6.07, 6.45) is 0.106. The van der Waals surface area contributed by atoms with Gasteiger partial charge in [0.25, 0.3) is 0 Å². The van der Waals surface area contributed by atoms with Gasteiger partial charge < -0.3 is 4.43 Å². The molecule has 1 heterocycles. The average Bonchev–Trinajstić information content (AvgIpc) is 2.93. The molecule has 0 saturated heterocycles. The van der Waals surface area contributed by atoms with Crippen molar-refractivity contribution in [2.24, 2.45) is 0 Å². The van der Waals surface area contributed by atoms with Gasteiger partial charge in [-0.2, -0.15) is 0 Å².